The summed E-state index contributed by atoms with van der Waals surface area (Å²) in [6.07, 6.45) is -7.37. The number of anilines is 1. The van der Waals surface area contributed by atoms with Crippen LogP contribution in [-0.4, -0.2) is 36.3 Å². The maximum atomic E-state index is 8.54. The van der Waals surface area contributed by atoms with E-state index in [4.69, 9.17) is 25.8 Å². The number of aryl methyl sites for hydroxylation is 1. The molecule has 2 saturated heterocycles. The molecule has 3 heterocycles. The molecule has 0 aliphatic carbocycles. The summed E-state index contributed by atoms with van der Waals surface area (Å²) in [6.45, 7) is -1.85. The van der Waals surface area contributed by atoms with Crippen LogP contribution < -0.4 is 9.68 Å². The monoisotopic (exact) mass is 334 g/mol. The lowest BCUT2D eigenvalue weighted by molar-refractivity contribution is 0.00578. The summed E-state index contributed by atoms with van der Waals surface area (Å²) >= 11 is 0.710. The van der Waals surface area contributed by atoms with Crippen LogP contribution in [0.4, 0.5) is 5.13 Å². The predicted molar refractivity (Wildman–Crippen MR) is 93.2 cm³/mol. The van der Waals surface area contributed by atoms with Gasteiger partial charge in [0.1, 0.15) is 0 Å². The number of nitrogens with zero attached hydrogens (tertiary/aromatic N) is 2. The second-order valence-electron chi connectivity index (χ2n) is 6.22. The predicted octanol–water partition coefficient (Wildman–Crippen LogP) is 2.99. The molecule has 3 rings (SSSR count). The summed E-state index contributed by atoms with van der Waals surface area (Å²) in [4.78, 5) is 4.32. The van der Waals surface area contributed by atoms with E-state index in [1.165, 1.54) is 6.92 Å². The lowest BCUT2D eigenvalue weighted by Crippen LogP contribution is -2.41. The molecule has 0 N–H and O–H groups in total. The van der Waals surface area contributed by atoms with E-state index >= 15 is 0 Å². The highest BCUT2D eigenvalue weighted by Crippen LogP contribution is 2.37. The second kappa shape index (κ2) is 5.50. The first-order chi connectivity index (χ1) is 14.8. The molecule has 1 atom stereocenters. The molecule has 1 aromatic rings. The minimum atomic E-state index is -3.75. The Morgan fingerprint density at radius 1 is 1.41 bits per heavy atom. The van der Waals surface area contributed by atoms with E-state index in [-0.39, 0.29) is 10.6 Å². The van der Waals surface area contributed by atoms with Crippen LogP contribution >= 0.6 is 11.3 Å². The van der Waals surface area contributed by atoms with Crippen molar-refractivity contribution in [1.82, 2.24) is 4.98 Å². The minimum Gasteiger partial charge on any atom is -0.399 e. The summed E-state index contributed by atoms with van der Waals surface area (Å²) in [7, 11) is -0.954. The van der Waals surface area contributed by atoms with Crippen molar-refractivity contribution in [2.24, 2.45) is 5.89 Å². The maximum absolute atomic E-state index is 8.54. The molecule has 1 aromatic heterocycles. The minimum absolute atomic E-state index is 0.146. The van der Waals surface area contributed by atoms with Gasteiger partial charge in [-0.3, -0.25) is 0 Å². The van der Waals surface area contributed by atoms with Gasteiger partial charge in [-0.25, -0.2) is 4.98 Å². The average molecular weight is 334 g/mol. The van der Waals surface area contributed by atoms with Crippen molar-refractivity contribution in [2.75, 3.05) is 17.9 Å². The smallest absolute Gasteiger partial charge is 0.399 e. The summed E-state index contributed by atoms with van der Waals surface area (Å²) < 4.78 is 111. The summed E-state index contributed by atoms with van der Waals surface area (Å²) in [5, 5.41) is -0.461. The van der Waals surface area contributed by atoms with Gasteiger partial charge in [-0.2, -0.15) is 0 Å². The third-order valence-electron chi connectivity index (χ3n) is 4.06. The van der Waals surface area contributed by atoms with Gasteiger partial charge >= 0.3 is 7.12 Å². The van der Waals surface area contributed by atoms with Crippen LogP contribution in [-0.2, 0) is 9.31 Å². The third kappa shape index (κ3) is 2.81. The highest BCUT2D eigenvalue weighted by Gasteiger charge is 2.53. The zero-order valence-electron chi connectivity index (χ0n) is 25.2. The van der Waals surface area contributed by atoms with Crippen LogP contribution in [0, 0.1) is 12.8 Å². The normalized spacial score (nSPS) is 48.6. The SMILES string of the molecule is [2H]C([2H])([2H])C1([2H])C([2H])([2H])N(c2nc(C)c(B3OC(C)(C)C(C)(C)O3)s2)C([2H])([2H])C([2H])([2H])C1([2H])[2H]. The Morgan fingerprint density at radius 2 is 2.09 bits per heavy atom. The maximum Gasteiger partial charge on any atom is 0.507 e. The highest BCUT2D eigenvalue weighted by molar-refractivity contribution is 7.25. The number of piperidine rings is 1. The molecule has 2 aliphatic heterocycles. The number of thiazole rings is 1. The molecule has 6 heteroatoms. The quantitative estimate of drug-likeness (QED) is 0.779. The van der Waals surface area contributed by atoms with Crippen LogP contribution in [0.2, 0.25) is 0 Å². The number of hydrogen-bond acceptors (Lipinski definition) is 5. The van der Waals surface area contributed by atoms with Crippen molar-refractivity contribution < 1.29 is 25.8 Å². The van der Waals surface area contributed by atoms with Crippen molar-refractivity contribution in [3.63, 3.8) is 0 Å². The topological polar surface area (TPSA) is 34.6 Å². The molecule has 2 aliphatic rings. The van der Waals surface area contributed by atoms with E-state index in [1.54, 1.807) is 0 Å². The first-order valence-electron chi connectivity index (χ1n) is 12.9. The molecule has 0 amide bonds. The van der Waals surface area contributed by atoms with Crippen molar-refractivity contribution in [3.05, 3.63) is 5.69 Å². The Balaban J connectivity index is 2.23. The lowest BCUT2D eigenvalue weighted by atomic mass is 9.86. The number of hydrogen-bond donors (Lipinski definition) is 0. The molecule has 4 nitrogen and oxygen atoms in total. The number of aromatic nitrogens is 1. The van der Waals surface area contributed by atoms with Gasteiger partial charge in [0.2, 0.25) is 0 Å². The van der Waals surface area contributed by atoms with Gasteiger partial charge in [0.15, 0.2) is 5.13 Å². The van der Waals surface area contributed by atoms with E-state index in [0.29, 0.717) is 16.1 Å². The average Bonchev–Trinajstić information content (AvgIpc) is 3.07. The summed E-state index contributed by atoms with van der Waals surface area (Å²) in [5.74, 6) is -3.72. The van der Waals surface area contributed by atoms with Gasteiger partial charge < -0.3 is 14.2 Å². The fourth-order valence-corrected chi connectivity index (χ4v) is 3.02. The summed E-state index contributed by atoms with van der Waals surface area (Å²) in [6, 6.07) is 0. The number of rotatable bonds is 2. The van der Waals surface area contributed by atoms with Crippen LogP contribution in [0.3, 0.4) is 0 Å². The van der Waals surface area contributed by atoms with Gasteiger partial charge in [-0.05, 0) is 53.3 Å². The van der Waals surface area contributed by atoms with E-state index in [2.05, 4.69) is 4.98 Å². The molecule has 0 aromatic carbocycles. The van der Waals surface area contributed by atoms with Crippen molar-refractivity contribution >= 4 is 28.4 Å². The molecule has 1 unspecified atom stereocenters. The molecule has 0 spiro atoms. The van der Waals surface area contributed by atoms with Crippen LogP contribution in [0.1, 0.15) is 69.4 Å². The Morgan fingerprint density at radius 3 is 2.73 bits per heavy atom. The third-order valence-corrected chi connectivity index (χ3v) is 5.22. The van der Waals surface area contributed by atoms with Gasteiger partial charge in [-0.15, -0.1) is 11.3 Å². The lowest BCUT2D eigenvalue weighted by Gasteiger charge is -2.32. The Hall–Kier alpha value is -0.585. The zero-order chi connectivity index (χ0) is 26.7. The molecular weight excluding hydrogens is 295 g/mol. The summed E-state index contributed by atoms with van der Waals surface area (Å²) in [5.41, 5.74) is -1.20. The largest absolute Gasteiger partial charge is 0.507 e. The molecule has 0 bridgehead atoms. The van der Waals surface area contributed by atoms with Gasteiger partial charge in [0.25, 0.3) is 0 Å². The Bertz CT molecular complexity index is 979. The Kier molecular flexibility index (Phi) is 1.78. The van der Waals surface area contributed by atoms with Crippen molar-refractivity contribution in [3.8, 4) is 0 Å². The van der Waals surface area contributed by atoms with Crippen LogP contribution in [0.5, 0.6) is 0 Å². The molecule has 22 heavy (non-hydrogen) atoms. The fraction of sp³-hybridized carbons (Fsp3) is 0.812. The van der Waals surface area contributed by atoms with E-state index in [1.807, 2.05) is 27.7 Å². The molecule has 0 radical (unpaired) electrons. The van der Waals surface area contributed by atoms with Gasteiger partial charge in [0.05, 0.1) is 21.7 Å². The Labute approximate surface area is 155 Å². The van der Waals surface area contributed by atoms with Gasteiger partial charge in [0, 0.05) is 29.4 Å². The highest BCUT2D eigenvalue weighted by atomic mass is 32.1. The van der Waals surface area contributed by atoms with E-state index in [9.17, 15) is 0 Å². The van der Waals surface area contributed by atoms with E-state index in [0.717, 1.165) is 0 Å². The first-order valence-corrected chi connectivity index (χ1v) is 7.76. The fourth-order valence-electron chi connectivity index (χ4n) is 2.07. The van der Waals surface area contributed by atoms with Crippen LogP contribution in [0.25, 0.3) is 0 Å². The molecule has 0 saturated carbocycles. The molecular formula is C16H27BN2O2S. The van der Waals surface area contributed by atoms with Crippen molar-refractivity contribution in [1.29, 1.82) is 0 Å². The molecule has 122 valence electrons. The van der Waals surface area contributed by atoms with Crippen molar-refractivity contribution in [2.45, 2.75) is 65.4 Å². The standard InChI is InChI=1S/C16H27BN2O2S/c1-11-8-7-9-19(10-11)14-18-12(2)13(22-14)17-20-15(3,4)16(5,6)21-17/h11H,7-10H2,1-6H3/i1D3,7D2,8D2,9D2,10D2,11D. The van der Waals surface area contributed by atoms with Crippen LogP contribution in [0.15, 0.2) is 0 Å². The molecule has 2 fully saturated rings. The van der Waals surface area contributed by atoms with Gasteiger partial charge in [-0.1, -0.05) is 6.85 Å². The first kappa shape index (κ1) is 7.12. The zero-order valence-corrected chi connectivity index (χ0v) is 14.0. The van der Waals surface area contributed by atoms with E-state index < -0.39 is 61.9 Å². The second-order valence-corrected chi connectivity index (χ2v) is 7.23.